The van der Waals surface area contributed by atoms with E-state index in [9.17, 15) is 4.79 Å². The fraction of sp³-hybridized carbons (Fsp3) is 0.615. The fourth-order valence-corrected chi connectivity index (χ4v) is 3.80. The molecule has 0 spiro atoms. The molecule has 19 heavy (non-hydrogen) atoms. The first-order valence-corrected chi connectivity index (χ1v) is 8.06. The molecule has 0 aromatic carbocycles. The minimum atomic E-state index is -0.0262. The molecule has 1 heterocycles. The van der Waals surface area contributed by atoms with Crippen LogP contribution >= 0.6 is 27.3 Å². The van der Waals surface area contributed by atoms with E-state index in [1.165, 1.54) is 4.88 Å². The van der Waals surface area contributed by atoms with Gasteiger partial charge in [0, 0.05) is 18.0 Å². The zero-order chi connectivity index (χ0) is 14.4. The standard InChI is InChI=1S/C13H22BrN3OS/c1-4-7-17(8-12(18)16-3)13(9(2)15)10-5-6-11(14)19-10/h5-6,9,13H,4,7-8,15H2,1-3H3,(H,16,18). The highest BCUT2D eigenvalue weighted by Gasteiger charge is 2.26. The van der Waals surface area contributed by atoms with Gasteiger partial charge in [-0.1, -0.05) is 6.92 Å². The van der Waals surface area contributed by atoms with E-state index in [4.69, 9.17) is 5.73 Å². The third kappa shape index (κ3) is 4.87. The number of rotatable bonds is 7. The van der Waals surface area contributed by atoms with Gasteiger partial charge in [-0.15, -0.1) is 11.3 Å². The Kier molecular flexibility index (Phi) is 6.99. The fourth-order valence-electron chi connectivity index (χ4n) is 2.13. The number of likely N-dealkylation sites (N-methyl/N-ethyl adjacent to an activating group) is 1. The molecule has 0 fully saturated rings. The van der Waals surface area contributed by atoms with Gasteiger partial charge in [-0.3, -0.25) is 9.69 Å². The summed E-state index contributed by atoms with van der Waals surface area (Å²) in [6.07, 6.45) is 0.993. The minimum absolute atomic E-state index is 0.0229. The summed E-state index contributed by atoms with van der Waals surface area (Å²) >= 11 is 5.16. The third-order valence-electron chi connectivity index (χ3n) is 2.91. The summed E-state index contributed by atoms with van der Waals surface area (Å²) in [6, 6.07) is 4.16. The monoisotopic (exact) mass is 347 g/mol. The van der Waals surface area contributed by atoms with Gasteiger partial charge in [-0.25, -0.2) is 0 Å². The second-order valence-electron chi connectivity index (χ2n) is 4.59. The second kappa shape index (κ2) is 7.99. The van der Waals surface area contributed by atoms with Gasteiger partial charge < -0.3 is 11.1 Å². The van der Waals surface area contributed by atoms with Gasteiger partial charge in [-0.2, -0.15) is 0 Å². The number of thiophene rings is 1. The Morgan fingerprint density at radius 2 is 2.26 bits per heavy atom. The first kappa shape index (κ1) is 16.6. The number of amides is 1. The third-order valence-corrected chi connectivity index (χ3v) is 4.61. The smallest absolute Gasteiger partial charge is 0.233 e. The molecule has 4 nitrogen and oxygen atoms in total. The molecule has 1 aromatic rings. The average molecular weight is 348 g/mol. The number of carbonyl (C=O) groups excluding carboxylic acids is 1. The van der Waals surface area contributed by atoms with Crippen LogP contribution in [0, 0.1) is 0 Å². The number of hydrogen-bond donors (Lipinski definition) is 2. The number of hydrogen-bond acceptors (Lipinski definition) is 4. The van der Waals surface area contributed by atoms with Gasteiger partial charge in [0.15, 0.2) is 0 Å². The van der Waals surface area contributed by atoms with Crippen LogP contribution in [-0.4, -0.2) is 37.0 Å². The lowest BCUT2D eigenvalue weighted by Crippen LogP contribution is -2.44. The Morgan fingerprint density at radius 3 is 2.68 bits per heavy atom. The lowest BCUT2D eigenvalue weighted by Gasteiger charge is -2.32. The van der Waals surface area contributed by atoms with E-state index in [2.05, 4.69) is 39.1 Å². The van der Waals surface area contributed by atoms with Gasteiger partial charge >= 0.3 is 0 Å². The van der Waals surface area contributed by atoms with Gasteiger partial charge in [0.25, 0.3) is 0 Å². The molecule has 108 valence electrons. The van der Waals surface area contributed by atoms with Crippen LogP contribution in [0.3, 0.4) is 0 Å². The van der Waals surface area contributed by atoms with Gasteiger partial charge in [-0.05, 0) is 48.0 Å². The van der Waals surface area contributed by atoms with Crippen molar-refractivity contribution in [3.8, 4) is 0 Å². The Morgan fingerprint density at radius 1 is 1.58 bits per heavy atom. The van der Waals surface area contributed by atoms with Crippen LogP contribution < -0.4 is 11.1 Å². The molecule has 2 atom stereocenters. The molecule has 2 unspecified atom stereocenters. The summed E-state index contributed by atoms with van der Waals surface area (Å²) in [5, 5.41) is 2.68. The molecule has 0 radical (unpaired) electrons. The summed E-state index contributed by atoms with van der Waals surface area (Å²) < 4.78 is 1.09. The molecule has 0 aliphatic rings. The predicted octanol–water partition coefficient (Wildman–Crippen LogP) is 2.36. The normalized spacial score (nSPS) is 14.4. The summed E-state index contributed by atoms with van der Waals surface area (Å²) in [4.78, 5) is 15.0. The lowest BCUT2D eigenvalue weighted by molar-refractivity contribution is -0.122. The Bertz CT molecular complexity index is 408. The maximum Gasteiger partial charge on any atom is 0.233 e. The maximum atomic E-state index is 11.7. The molecule has 1 rings (SSSR count). The highest BCUT2D eigenvalue weighted by atomic mass is 79.9. The quantitative estimate of drug-likeness (QED) is 0.795. The summed E-state index contributed by atoms with van der Waals surface area (Å²) in [7, 11) is 1.66. The molecule has 0 aliphatic heterocycles. The zero-order valence-corrected chi connectivity index (χ0v) is 14.1. The molecule has 0 aliphatic carbocycles. The van der Waals surface area contributed by atoms with Crippen molar-refractivity contribution >= 4 is 33.2 Å². The topological polar surface area (TPSA) is 58.4 Å². The molecule has 1 aromatic heterocycles. The van der Waals surface area contributed by atoms with Crippen molar-refractivity contribution in [2.75, 3.05) is 20.1 Å². The molecular formula is C13H22BrN3OS. The summed E-state index contributed by atoms with van der Waals surface area (Å²) in [5.41, 5.74) is 6.14. The van der Waals surface area contributed by atoms with Crippen molar-refractivity contribution in [1.29, 1.82) is 0 Å². The van der Waals surface area contributed by atoms with E-state index in [0.29, 0.717) is 6.54 Å². The van der Waals surface area contributed by atoms with Crippen LogP contribution in [0.4, 0.5) is 0 Å². The maximum absolute atomic E-state index is 11.7. The van der Waals surface area contributed by atoms with Crippen LogP contribution in [0.2, 0.25) is 0 Å². The zero-order valence-electron chi connectivity index (χ0n) is 11.6. The van der Waals surface area contributed by atoms with Crippen molar-refractivity contribution in [3.63, 3.8) is 0 Å². The van der Waals surface area contributed by atoms with Crippen molar-refractivity contribution < 1.29 is 4.79 Å². The number of carbonyl (C=O) groups is 1. The SMILES string of the molecule is CCCN(CC(=O)NC)C(c1ccc(Br)s1)C(C)N. The Balaban J connectivity index is 2.95. The summed E-state index contributed by atoms with van der Waals surface area (Å²) in [5.74, 6) is 0.0229. The number of nitrogens with two attached hydrogens (primary N) is 1. The van der Waals surface area contributed by atoms with Crippen LogP contribution in [-0.2, 0) is 4.79 Å². The number of nitrogens with zero attached hydrogens (tertiary/aromatic N) is 1. The molecule has 0 saturated carbocycles. The highest BCUT2D eigenvalue weighted by Crippen LogP contribution is 2.32. The van der Waals surface area contributed by atoms with Crippen molar-refractivity contribution in [2.45, 2.75) is 32.4 Å². The highest BCUT2D eigenvalue weighted by molar-refractivity contribution is 9.11. The van der Waals surface area contributed by atoms with E-state index in [-0.39, 0.29) is 18.0 Å². The largest absolute Gasteiger partial charge is 0.358 e. The van der Waals surface area contributed by atoms with Gasteiger partial charge in [0.2, 0.25) is 5.91 Å². The number of halogens is 1. The van der Waals surface area contributed by atoms with Crippen LogP contribution in [0.1, 0.15) is 31.2 Å². The predicted molar refractivity (Wildman–Crippen MR) is 84.3 cm³/mol. The Hall–Kier alpha value is -0.430. The van der Waals surface area contributed by atoms with Crippen molar-refractivity contribution in [3.05, 3.63) is 20.8 Å². The van der Waals surface area contributed by atoms with Gasteiger partial charge in [0.05, 0.1) is 16.4 Å². The van der Waals surface area contributed by atoms with E-state index >= 15 is 0 Å². The first-order valence-electron chi connectivity index (χ1n) is 6.45. The molecule has 1 amide bonds. The molecule has 3 N–H and O–H groups in total. The van der Waals surface area contributed by atoms with E-state index in [0.717, 1.165) is 16.8 Å². The second-order valence-corrected chi connectivity index (χ2v) is 7.08. The molecule has 6 heteroatoms. The van der Waals surface area contributed by atoms with E-state index < -0.39 is 0 Å². The van der Waals surface area contributed by atoms with Crippen LogP contribution in [0.25, 0.3) is 0 Å². The Labute approximate surface area is 127 Å². The molecule has 0 bridgehead atoms. The lowest BCUT2D eigenvalue weighted by atomic mass is 10.1. The van der Waals surface area contributed by atoms with Gasteiger partial charge in [0.1, 0.15) is 0 Å². The van der Waals surface area contributed by atoms with Crippen molar-refractivity contribution in [1.82, 2.24) is 10.2 Å². The van der Waals surface area contributed by atoms with Crippen molar-refractivity contribution in [2.24, 2.45) is 5.73 Å². The average Bonchev–Trinajstić information content (AvgIpc) is 2.75. The van der Waals surface area contributed by atoms with Crippen LogP contribution in [0.5, 0.6) is 0 Å². The summed E-state index contributed by atoms with van der Waals surface area (Å²) in [6.45, 7) is 5.34. The number of nitrogens with one attached hydrogen (secondary N) is 1. The van der Waals surface area contributed by atoms with E-state index in [1.54, 1.807) is 18.4 Å². The first-order chi connectivity index (χ1) is 8.99. The molecular weight excluding hydrogens is 326 g/mol. The molecule has 0 saturated heterocycles. The van der Waals surface area contributed by atoms with E-state index in [1.807, 2.05) is 13.0 Å². The minimum Gasteiger partial charge on any atom is -0.358 e. The van der Waals surface area contributed by atoms with Crippen LogP contribution in [0.15, 0.2) is 15.9 Å².